The quantitative estimate of drug-likeness (QED) is 0.399. The number of benzene rings is 1. The zero-order chi connectivity index (χ0) is 21.5. The zero-order valence-corrected chi connectivity index (χ0v) is 18.3. The molecule has 5 heteroatoms. The average molecular weight is 421 g/mol. The summed E-state index contributed by atoms with van der Waals surface area (Å²) in [6.45, 7) is 3.83. The first kappa shape index (κ1) is 21.6. The first-order valence-corrected chi connectivity index (χ1v) is 11.8. The van der Waals surface area contributed by atoms with Crippen molar-refractivity contribution < 1.29 is 14.0 Å². The van der Waals surface area contributed by atoms with Crippen molar-refractivity contribution in [1.82, 2.24) is 10.2 Å². The highest BCUT2D eigenvalue weighted by atomic mass is 16.3. The van der Waals surface area contributed by atoms with Crippen LogP contribution in [-0.2, 0) is 9.59 Å². The molecule has 2 aliphatic heterocycles. The van der Waals surface area contributed by atoms with E-state index in [0.717, 1.165) is 34.9 Å². The van der Waals surface area contributed by atoms with Gasteiger partial charge in [0.05, 0.1) is 12.2 Å². The van der Waals surface area contributed by atoms with Gasteiger partial charge in [-0.15, -0.1) is 0 Å². The maximum absolute atomic E-state index is 12.2. The minimum absolute atomic E-state index is 0.202. The van der Waals surface area contributed by atoms with Gasteiger partial charge in [0.15, 0.2) is 0 Å². The second-order valence-electron chi connectivity index (χ2n) is 8.77. The number of carbonyl (C=O) groups is 2. The van der Waals surface area contributed by atoms with E-state index < -0.39 is 0 Å². The summed E-state index contributed by atoms with van der Waals surface area (Å²) in [5.41, 5.74) is 2.53. The van der Waals surface area contributed by atoms with Crippen molar-refractivity contribution in [2.45, 2.75) is 70.1 Å². The fourth-order valence-electron chi connectivity index (χ4n) is 4.64. The van der Waals surface area contributed by atoms with Crippen LogP contribution in [0.5, 0.6) is 0 Å². The van der Waals surface area contributed by atoms with E-state index in [4.69, 9.17) is 4.42 Å². The maximum atomic E-state index is 12.2. The van der Waals surface area contributed by atoms with E-state index in [1.807, 2.05) is 18.2 Å². The minimum atomic E-state index is -0.341. The number of nitrogens with one attached hydrogen (secondary N) is 1. The summed E-state index contributed by atoms with van der Waals surface area (Å²) in [7, 11) is 0. The average Bonchev–Trinajstić information content (AvgIpc) is 3.19. The molecule has 1 N–H and O–H groups in total. The lowest BCUT2D eigenvalue weighted by atomic mass is 9.90. The highest BCUT2D eigenvalue weighted by Crippen LogP contribution is 2.32. The molecular weight excluding hydrogens is 388 g/mol. The van der Waals surface area contributed by atoms with E-state index in [0.29, 0.717) is 12.8 Å². The Labute approximate surface area is 184 Å². The summed E-state index contributed by atoms with van der Waals surface area (Å²) in [6, 6.07) is 5.88. The number of hydrogen-bond donors (Lipinski definition) is 1. The Morgan fingerprint density at radius 1 is 1.06 bits per heavy atom. The molecule has 0 bridgehead atoms. The fourth-order valence-corrected chi connectivity index (χ4v) is 4.64. The van der Waals surface area contributed by atoms with Gasteiger partial charge in [-0.2, -0.15) is 0 Å². The monoisotopic (exact) mass is 420 g/mol. The third-order valence-electron chi connectivity index (χ3n) is 6.43. The molecule has 2 aromatic rings. The second-order valence-corrected chi connectivity index (χ2v) is 8.77. The number of rotatable bonds is 7. The molecule has 2 aliphatic rings. The Balaban J connectivity index is 1.26. The van der Waals surface area contributed by atoms with Crippen LogP contribution in [0.1, 0.15) is 81.3 Å². The Morgan fingerprint density at radius 2 is 1.90 bits per heavy atom. The van der Waals surface area contributed by atoms with Crippen LogP contribution >= 0.6 is 0 Å². The lowest BCUT2D eigenvalue weighted by Crippen LogP contribution is -2.39. The van der Waals surface area contributed by atoms with Crippen molar-refractivity contribution in [3.05, 3.63) is 35.6 Å². The molecular formula is C26H32N2O3. The summed E-state index contributed by atoms with van der Waals surface area (Å²) < 4.78 is 5.64. The number of fused-ring (bicyclic) bond motifs is 1. The van der Waals surface area contributed by atoms with Gasteiger partial charge in [0, 0.05) is 29.4 Å². The molecule has 1 atom stereocenters. The zero-order valence-electron chi connectivity index (χ0n) is 18.3. The highest BCUT2D eigenvalue weighted by molar-refractivity contribution is 6.02. The SMILES string of the molecule is O=C1CCC(c2coc3ccc(C#CCCCCCCN4CCCCC4)cc23)C(=O)N1. The van der Waals surface area contributed by atoms with Crippen LogP contribution in [0.25, 0.3) is 11.0 Å². The molecule has 0 radical (unpaired) electrons. The molecule has 0 aliphatic carbocycles. The van der Waals surface area contributed by atoms with Crippen LogP contribution in [0.3, 0.4) is 0 Å². The molecule has 0 spiro atoms. The van der Waals surface area contributed by atoms with Crippen LogP contribution in [0.4, 0.5) is 0 Å². The molecule has 5 nitrogen and oxygen atoms in total. The number of furan rings is 1. The lowest BCUT2D eigenvalue weighted by molar-refractivity contribution is -0.134. The third kappa shape index (κ3) is 5.77. The fraction of sp³-hybridized carbons (Fsp3) is 0.538. The molecule has 2 fully saturated rings. The predicted octanol–water partition coefficient (Wildman–Crippen LogP) is 4.74. The Kier molecular flexibility index (Phi) is 7.43. The van der Waals surface area contributed by atoms with Gasteiger partial charge in [-0.1, -0.05) is 31.1 Å². The normalized spacial score (nSPS) is 19.8. The molecule has 4 rings (SSSR count). The van der Waals surface area contributed by atoms with Gasteiger partial charge in [0.25, 0.3) is 0 Å². The Hall–Kier alpha value is -2.58. The number of likely N-dealkylation sites (tertiary alicyclic amines) is 1. The largest absolute Gasteiger partial charge is 0.464 e. The van der Waals surface area contributed by atoms with Crippen LogP contribution < -0.4 is 5.32 Å². The van der Waals surface area contributed by atoms with E-state index in [2.05, 4.69) is 22.1 Å². The molecule has 2 amide bonds. The van der Waals surface area contributed by atoms with Crippen LogP contribution in [-0.4, -0.2) is 36.3 Å². The van der Waals surface area contributed by atoms with Gasteiger partial charge in [-0.25, -0.2) is 0 Å². The van der Waals surface area contributed by atoms with Crippen LogP contribution in [0.2, 0.25) is 0 Å². The molecule has 1 unspecified atom stereocenters. The smallest absolute Gasteiger partial charge is 0.234 e. The van der Waals surface area contributed by atoms with Gasteiger partial charge in [-0.3, -0.25) is 14.9 Å². The molecule has 31 heavy (non-hydrogen) atoms. The second kappa shape index (κ2) is 10.6. The maximum Gasteiger partial charge on any atom is 0.234 e. The Morgan fingerprint density at radius 3 is 2.74 bits per heavy atom. The number of carbonyl (C=O) groups excluding carboxylic acids is 2. The number of hydrogen-bond acceptors (Lipinski definition) is 4. The highest BCUT2D eigenvalue weighted by Gasteiger charge is 2.30. The molecule has 2 saturated heterocycles. The summed E-state index contributed by atoms with van der Waals surface area (Å²) in [6.07, 6.45) is 12.5. The third-order valence-corrected chi connectivity index (χ3v) is 6.43. The van der Waals surface area contributed by atoms with Crippen molar-refractivity contribution >= 4 is 22.8 Å². The van der Waals surface area contributed by atoms with Crippen molar-refractivity contribution in [3.63, 3.8) is 0 Å². The molecule has 1 aromatic heterocycles. The lowest BCUT2D eigenvalue weighted by Gasteiger charge is -2.26. The van der Waals surface area contributed by atoms with E-state index in [1.54, 1.807) is 6.26 Å². The molecule has 0 saturated carbocycles. The van der Waals surface area contributed by atoms with E-state index in [1.165, 1.54) is 58.2 Å². The first-order chi connectivity index (χ1) is 15.2. The van der Waals surface area contributed by atoms with Gasteiger partial charge >= 0.3 is 0 Å². The molecule has 164 valence electrons. The minimum Gasteiger partial charge on any atom is -0.464 e. The van der Waals surface area contributed by atoms with Gasteiger partial charge in [0.1, 0.15) is 5.58 Å². The van der Waals surface area contributed by atoms with Gasteiger partial charge < -0.3 is 9.32 Å². The Bertz CT molecular complexity index is 975. The number of nitrogens with zero attached hydrogens (tertiary/aromatic N) is 1. The van der Waals surface area contributed by atoms with Gasteiger partial charge in [0.2, 0.25) is 11.8 Å². The predicted molar refractivity (Wildman–Crippen MR) is 122 cm³/mol. The number of unbranched alkanes of at least 4 members (excludes halogenated alkanes) is 4. The summed E-state index contributed by atoms with van der Waals surface area (Å²) in [4.78, 5) is 26.3. The number of piperidine rings is 2. The summed E-state index contributed by atoms with van der Waals surface area (Å²) in [5.74, 6) is 5.78. The van der Waals surface area contributed by atoms with E-state index >= 15 is 0 Å². The molecule has 1 aromatic carbocycles. The van der Waals surface area contributed by atoms with Crippen LogP contribution in [0, 0.1) is 11.8 Å². The van der Waals surface area contributed by atoms with Gasteiger partial charge in [-0.05, 0) is 69.9 Å². The topological polar surface area (TPSA) is 62.6 Å². The van der Waals surface area contributed by atoms with Crippen LogP contribution in [0.15, 0.2) is 28.9 Å². The van der Waals surface area contributed by atoms with E-state index in [-0.39, 0.29) is 17.7 Å². The van der Waals surface area contributed by atoms with Crippen molar-refractivity contribution in [1.29, 1.82) is 0 Å². The van der Waals surface area contributed by atoms with Crippen molar-refractivity contribution in [2.24, 2.45) is 0 Å². The van der Waals surface area contributed by atoms with Crippen molar-refractivity contribution in [2.75, 3.05) is 19.6 Å². The molecule has 3 heterocycles. The summed E-state index contributed by atoms with van der Waals surface area (Å²) in [5, 5.41) is 3.34. The van der Waals surface area contributed by atoms with E-state index in [9.17, 15) is 9.59 Å². The number of imide groups is 1. The number of amides is 2. The first-order valence-electron chi connectivity index (χ1n) is 11.8. The summed E-state index contributed by atoms with van der Waals surface area (Å²) >= 11 is 0. The van der Waals surface area contributed by atoms with Crippen molar-refractivity contribution in [3.8, 4) is 11.8 Å². The standard InChI is InChI=1S/C26H32N2O3/c29-25-14-12-21(26(30)27-25)23-19-31-24-13-11-20(18-22(23)24)10-6-3-1-2-4-7-15-28-16-8-5-9-17-28/h11,13,18-19,21H,1-5,7-9,12,14-17H2,(H,27,29,30).